The summed E-state index contributed by atoms with van der Waals surface area (Å²) in [5, 5.41) is 16.3. The highest BCUT2D eigenvalue weighted by Gasteiger charge is 2.13. The molecule has 0 aliphatic heterocycles. The van der Waals surface area contributed by atoms with Gasteiger partial charge in [0.2, 0.25) is 11.1 Å². The zero-order valence-electron chi connectivity index (χ0n) is 14.6. The van der Waals surface area contributed by atoms with Crippen LogP contribution in [0.25, 0.3) is 0 Å². The van der Waals surface area contributed by atoms with Gasteiger partial charge in [0, 0.05) is 10.0 Å². The summed E-state index contributed by atoms with van der Waals surface area (Å²) in [6.45, 7) is 0. The molecule has 0 saturated heterocycles. The summed E-state index contributed by atoms with van der Waals surface area (Å²) >= 11 is 19.0. The molecule has 12 heteroatoms. The Labute approximate surface area is 185 Å². The molecule has 29 heavy (non-hydrogen) atoms. The minimum absolute atomic E-state index is 0.0456. The maximum absolute atomic E-state index is 12.1. The third-order valence-corrected chi connectivity index (χ3v) is 5.17. The predicted molar refractivity (Wildman–Crippen MR) is 119 cm³/mol. The summed E-state index contributed by atoms with van der Waals surface area (Å²) in [7, 11) is 0. The number of anilines is 2. The van der Waals surface area contributed by atoms with Gasteiger partial charge in [0.1, 0.15) is 0 Å². The van der Waals surface area contributed by atoms with Crippen molar-refractivity contribution in [3.8, 4) is 0 Å². The zero-order chi connectivity index (χ0) is 20.8. The van der Waals surface area contributed by atoms with E-state index in [1.165, 1.54) is 4.68 Å². The molecule has 0 spiro atoms. The number of benzene rings is 2. The van der Waals surface area contributed by atoms with Crippen LogP contribution < -0.4 is 16.6 Å². The zero-order valence-corrected chi connectivity index (χ0v) is 17.7. The van der Waals surface area contributed by atoms with E-state index in [0.29, 0.717) is 25.9 Å². The molecule has 3 rings (SSSR count). The van der Waals surface area contributed by atoms with E-state index in [-0.39, 0.29) is 17.6 Å². The Hall–Kier alpha value is -2.46. The van der Waals surface area contributed by atoms with Gasteiger partial charge in [-0.3, -0.25) is 4.79 Å². The van der Waals surface area contributed by atoms with Crippen molar-refractivity contribution in [3.63, 3.8) is 0 Å². The molecular formula is C17H14Cl3N7OS. The van der Waals surface area contributed by atoms with Gasteiger partial charge < -0.3 is 11.2 Å². The number of nitrogen functional groups attached to an aromatic ring is 1. The number of hydrazone groups is 1. The number of nitrogens with zero attached hydrogens (tertiary/aromatic N) is 4. The Bertz CT molecular complexity index is 1060. The van der Waals surface area contributed by atoms with Crippen molar-refractivity contribution >= 4 is 70.3 Å². The molecule has 0 radical (unpaired) electrons. The Kier molecular flexibility index (Phi) is 7.21. The molecule has 0 aliphatic rings. The summed E-state index contributed by atoms with van der Waals surface area (Å²) in [5.74, 6) is 5.89. The molecule has 0 bridgehead atoms. The Morgan fingerprint density at radius 1 is 1.17 bits per heavy atom. The number of aromatic nitrogens is 3. The monoisotopic (exact) mass is 469 g/mol. The highest BCUT2D eigenvalue weighted by atomic mass is 35.5. The first-order chi connectivity index (χ1) is 13.9. The number of halogens is 3. The summed E-state index contributed by atoms with van der Waals surface area (Å²) < 4.78 is 1.19. The standard InChI is InChI=1S/C17H14Cl3N7OS/c18-11-3-1-2-10(6-11)8-22-24-16-25-26-17(27(16)21)29-9-15(28)23-14-7-12(19)4-5-13(14)20/h1-8H,9,21H2,(H,23,28)(H,24,25)/b22-8+. The maximum atomic E-state index is 12.1. The number of hydrogen-bond donors (Lipinski definition) is 3. The Morgan fingerprint density at radius 2 is 1.97 bits per heavy atom. The van der Waals surface area contributed by atoms with Gasteiger partial charge in [-0.2, -0.15) is 5.10 Å². The van der Waals surface area contributed by atoms with Crippen LogP contribution >= 0.6 is 46.6 Å². The van der Waals surface area contributed by atoms with E-state index in [4.69, 9.17) is 40.6 Å². The number of nitrogens with two attached hydrogens (primary N) is 1. The van der Waals surface area contributed by atoms with E-state index < -0.39 is 0 Å². The molecule has 0 fully saturated rings. The molecule has 1 heterocycles. The number of amides is 1. The first kappa shape index (κ1) is 21.3. The molecule has 0 saturated carbocycles. The Balaban J connectivity index is 1.55. The predicted octanol–water partition coefficient (Wildman–Crippen LogP) is 4.13. The van der Waals surface area contributed by atoms with Crippen molar-refractivity contribution < 1.29 is 4.79 Å². The van der Waals surface area contributed by atoms with Gasteiger partial charge in [0.05, 0.1) is 22.7 Å². The van der Waals surface area contributed by atoms with E-state index in [1.54, 1.807) is 36.5 Å². The van der Waals surface area contributed by atoms with Crippen LogP contribution in [0.15, 0.2) is 52.7 Å². The Morgan fingerprint density at radius 3 is 2.76 bits per heavy atom. The summed E-state index contributed by atoms with van der Waals surface area (Å²) in [4.78, 5) is 12.1. The number of carbonyl (C=O) groups is 1. The second-order valence-electron chi connectivity index (χ2n) is 5.56. The van der Waals surface area contributed by atoms with Crippen molar-refractivity contribution in [2.45, 2.75) is 5.16 Å². The average molecular weight is 471 g/mol. The van der Waals surface area contributed by atoms with Crippen LogP contribution in [0.3, 0.4) is 0 Å². The molecule has 0 atom stereocenters. The van der Waals surface area contributed by atoms with Crippen molar-refractivity contribution in [1.29, 1.82) is 0 Å². The minimum atomic E-state index is -0.296. The van der Waals surface area contributed by atoms with Gasteiger partial charge in [-0.25, -0.2) is 10.1 Å². The topological polar surface area (TPSA) is 110 Å². The van der Waals surface area contributed by atoms with Crippen LogP contribution in [-0.4, -0.2) is 32.7 Å². The smallest absolute Gasteiger partial charge is 0.264 e. The van der Waals surface area contributed by atoms with Gasteiger partial charge in [0.25, 0.3) is 5.95 Å². The fraction of sp³-hybridized carbons (Fsp3) is 0.0588. The second-order valence-corrected chi connectivity index (χ2v) is 7.78. The van der Waals surface area contributed by atoms with Crippen molar-refractivity contribution in [3.05, 3.63) is 63.1 Å². The van der Waals surface area contributed by atoms with Crippen LogP contribution in [0.2, 0.25) is 15.1 Å². The molecular weight excluding hydrogens is 457 g/mol. The number of hydrogen-bond acceptors (Lipinski definition) is 7. The first-order valence-electron chi connectivity index (χ1n) is 8.05. The maximum Gasteiger partial charge on any atom is 0.264 e. The van der Waals surface area contributed by atoms with Crippen molar-refractivity contribution in [2.24, 2.45) is 5.10 Å². The summed E-state index contributed by atoms with van der Waals surface area (Å²) in [6.07, 6.45) is 1.57. The van der Waals surface area contributed by atoms with Gasteiger partial charge >= 0.3 is 0 Å². The van der Waals surface area contributed by atoms with Crippen LogP contribution in [0.1, 0.15) is 5.56 Å². The quantitative estimate of drug-likeness (QED) is 0.207. The molecule has 150 valence electrons. The van der Waals surface area contributed by atoms with E-state index >= 15 is 0 Å². The highest BCUT2D eigenvalue weighted by Crippen LogP contribution is 2.26. The highest BCUT2D eigenvalue weighted by molar-refractivity contribution is 7.99. The number of rotatable bonds is 7. The lowest BCUT2D eigenvalue weighted by atomic mass is 10.2. The lowest BCUT2D eigenvalue weighted by molar-refractivity contribution is -0.113. The molecule has 3 aromatic rings. The molecule has 8 nitrogen and oxygen atoms in total. The number of thioether (sulfide) groups is 1. The summed E-state index contributed by atoms with van der Waals surface area (Å²) in [6, 6.07) is 12.0. The van der Waals surface area contributed by atoms with Gasteiger partial charge in [0.15, 0.2) is 0 Å². The van der Waals surface area contributed by atoms with Crippen molar-refractivity contribution in [1.82, 2.24) is 14.9 Å². The third-order valence-electron chi connectivity index (χ3n) is 3.43. The fourth-order valence-electron chi connectivity index (χ4n) is 2.11. The molecule has 2 aromatic carbocycles. The average Bonchev–Trinajstić information content (AvgIpc) is 3.03. The van der Waals surface area contributed by atoms with Crippen LogP contribution in [0.5, 0.6) is 0 Å². The van der Waals surface area contributed by atoms with Crippen LogP contribution in [0.4, 0.5) is 11.6 Å². The molecule has 0 aliphatic carbocycles. The minimum Gasteiger partial charge on any atom is -0.334 e. The first-order valence-corrected chi connectivity index (χ1v) is 10.2. The molecule has 4 N–H and O–H groups in total. The molecule has 1 amide bonds. The lowest BCUT2D eigenvalue weighted by Gasteiger charge is -2.07. The summed E-state index contributed by atoms with van der Waals surface area (Å²) in [5.41, 5.74) is 3.92. The van der Waals surface area contributed by atoms with Crippen LogP contribution in [0, 0.1) is 0 Å². The lowest BCUT2D eigenvalue weighted by Crippen LogP contribution is -2.17. The molecule has 1 aromatic heterocycles. The van der Waals surface area contributed by atoms with E-state index in [0.717, 1.165) is 17.3 Å². The third kappa shape index (κ3) is 6.01. The second kappa shape index (κ2) is 9.84. The largest absolute Gasteiger partial charge is 0.334 e. The van der Waals surface area contributed by atoms with Gasteiger partial charge in [-0.05, 0) is 35.9 Å². The van der Waals surface area contributed by atoms with E-state index in [1.807, 2.05) is 12.1 Å². The van der Waals surface area contributed by atoms with Crippen LogP contribution in [-0.2, 0) is 4.79 Å². The number of carbonyl (C=O) groups excluding carboxylic acids is 1. The van der Waals surface area contributed by atoms with Gasteiger partial charge in [-0.1, -0.05) is 58.7 Å². The number of nitrogens with one attached hydrogen (secondary N) is 2. The van der Waals surface area contributed by atoms with E-state index in [2.05, 4.69) is 26.0 Å². The normalized spacial score (nSPS) is 11.0. The van der Waals surface area contributed by atoms with Crippen molar-refractivity contribution in [2.75, 3.05) is 22.3 Å². The van der Waals surface area contributed by atoms with Gasteiger partial charge in [-0.15, -0.1) is 10.2 Å². The SMILES string of the molecule is Nn1c(N/N=C/c2cccc(Cl)c2)nnc1SCC(=O)Nc1cc(Cl)ccc1Cl. The molecule has 0 unspecified atom stereocenters. The van der Waals surface area contributed by atoms with E-state index in [9.17, 15) is 4.79 Å². The fourth-order valence-corrected chi connectivity index (χ4v) is 3.30.